The Kier molecular flexibility index (Phi) is 11.0. The fraction of sp³-hybridized carbons (Fsp3) is 0.600. The van der Waals surface area contributed by atoms with E-state index < -0.39 is 12.6 Å². The molecule has 0 saturated heterocycles. The molecule has 0 saturated carbocycles. The van der Waals surface area contributed by atoms with Gasteiger partial charge in [0.05, 0.1) is 11.1 Å². The van der Waals surface area contributed by atoms with Gasteiger partial charge in [-0.05, 0) is 111 Å². The van der Waals surface area contributed by atoms with E-state index in [0.717, 1.165) is 85.1 Å². The third kappa shape index (κ3) is 7.22. The largest absolute Gasteiger partial charge is 0.459 e. The molecule has 0 N–H and O–H groups in total. The summed E-state index contributed by atoms with van der Waals surface area (Å²) in [5.41, 5.74) is 6.66. The van der Waals surface area contributed by atoms with Crippen LogP contribution in [0, 0.1) is 25.7 Å². The van der Waals surface area contributed by atoms with Crippen molar-refractivity contribution in [3.05, 3.63) is 57.6 Å². The van der Waals surface area contributed by atoms with Crippen molar-refractivity contribution in [3.63, 3.8) is 0 Å². The number of aryl methyl sites for hydroxylation is 2. The zero-order chi connectivity index (χ0) is 26.4. The highest BCUT2D eigenvalue weighted by atomic mass is 35.5. The minimum atomic E-state index is -0.480. The Labute approximate surface area is 242 Å². The van der Waals surface area contributed by atoms with Crippen molar-refractivity contribution >= 4 is 46.4 Å². The summed E-state index contributed by atoms with van der Waals surface area (Å²) < 4.78 is 19.3. The van der Waals surface area contributed by atoms with Gasteiger partial charge in [0, 0.05) is 23.5 Å². The molecule has 0 spiro atoms. The minimum absolute atomic E-state index is 0.480. The Hall–Kier alpha value is -0.840. The number of benzene rings is 2. The van der Waals surface area contributed by atoms with E-state index in [2.05, 4.69) is 38.1 Å². The van der Waals surface area contributed by atoms with E-state index in [1.54, 1.807) is 0 Å². The van der Waals surface area contributed by atoms with Crippen LogP contribution in [0.25, 0.3) is 0 Å². The van der Waals surface area contributed by atoms with Crippen molar-refractivity contribution in [2.75, 3.05) is 23.5 Å². The molecular weight excluding hydrogens is 550 g/mol. The van der Waals surface area contributed by atoms with Gasteiger partial charge < -0.3 is 9.47 Å². The van der Waals surface area contributed by atoms with Gasteiger partial charge in [-0.25, -0.2) is 0 Å². The van der Waals surface area contributed by atoms with E-state index in [4.69, 9.17) is 60.6 Å². The molecule has 2 aromatic carbocycles. The van der Waals surface area contributed by atoms with Crippen LogP contribution in [-0.2, 0) is 17.6 Å². The van der Waals surface area contributed by atoms with Crippen molar-refractivity contribution in [2.45, 2.75) is 77.8 Å². The first-order chi connectivity index (χ1) is 18.0. The number of hydrogen-bond acceptors (Lipinski definition) is 3. The average molecular weight is 588 g/mol. The van der Waals surface area contributed by atoms with Crippen LogP contribution < -0.4 is 9.47 Å². The second-order valence-corrected chi connectivity index (χ2v) is 12.0. The van der Waals surface area contributed by atoms with Crippen molar-refractivity contribution in [1.82, 2.24) is 0 Å². The van der Waals surface area contributed by atoms with Crippen LogP contribution in [0.1, 0.15) is 84.5 Å². The third-order valence-electron chi connectivity index (χ3n) is 7.51. The first kappa shape index (κ1) is 29.2. The van der Waals surface area contributed by atoms with Crippen LogP contribution in [-0.4, -0.2) is 23.5 Å². The van der Waals surface area contributed by atoms with E-state index in [9.17, 15) is 0 Å². The lowest BCUT2D eigenvalue weighted by Gasteiger charge is -2.39. The highest BCUT2D eigenvalue weighted by Gasteiger charge is 2.39. The van der Waals surface area contributed by atoms with Gasteiger partial charge in [-0.3, -0.25) is 4.74 Å². The minimum Gasteiger partial charge on any atom is -0.459 e. The summed E-state index contributed by atoms with van der Waals surface area (Å²) in [6, 6.07) is 8.84. The third-order valence-corrected chi connectivity index (χ3v) is 8.48. The smallest absolute Gasteiger partial charge is 0.233 e. The van der Waals surface area contributed by atoms with Crippen molar-refractivity contribution in [1.29, 1.82) is 0 Å². The molecular formula is C30H38Cl4O3. The molecule has 2 aliphatic rings. The number of rotatable bonds is 14. The Morgan fingerprint density at radius 2 is 1.05 bits per heavy atom. The van der Waals surface area contributed by atoms with Crippen LogP contribution in [0.4, 0.5) is 0 Å². The maximum atomic E-state index is 6.48. The van der Waals surface area contributed by atoms with Crippen LogP contribution in [0.2, 0.25) is 0 Å². The summed E-state index contributed by atoms with van der Waals surface area (Å²) in [4.78, 5) is 0. The van der Waals surface area contributed by atoms with Gasteiger partial charge in [-0.2, -0.15) is 0 Å². The molecule has 7 heteroatoms. The molecule has 3 nitrogen and oxygen atoms in total. The quantitative estimate of drug-likeness (QED) is 0.206. The van der Waals surface area contributed by atoms with Gasteiger partial charge in [0.2, 0.25) is 12.6 Å². The number of ether oxygens (including phenoxy) is 3. The van der Waals surface area contributed by atoms with Crippen LogP contribution in [0.5, 0.6) is 11.5 Å². The number of alkyl halides is 4. The second-order valence-electron chi connectivity index (χ2n) is 10.5. The zero-order valence-corrected chi connectivity index (χ0v) is 24.9. The highest BCUT2D eigenvalue weighted by molar-refractivity contribution is 6.18. The monoisotopic (exact) mass is 586 g/mol. The summed E-state index contributed by atoms with van der Waals surface area (Å²) in [7, 11) is 0. The Morgan fingerprint density at radius 3 is 1.43 bits per heavy atom. The molecule has 2 heterocycles. The topological polar surface area (TPSA) is 27.7 Å². The fourth-order valence-electron chi connectivity index (χ4n) is 5.72. The van der Waals surface area contributed by atoms with Crippen molar-refractivity contribution in [3.8, 4) is 11.5 Å². The first-order valence-electron chi connectivity index (χ1n) is 13.5. The van der Waals surface area contributed by atoms with E-state index in [-0.39, 0.29) is 0 Å². The molecule has 37 heavy (non-hydrogen) atoms. The number of fused-ring (bicyclic) bond motifs is 6. The molecule has 4 unspecified atom stereocenters. The molecule has 0 fully saturated rings. The molecule has 2 bridgehead atoms. The maximum absolute atomic E-state index is 6.48. The van der Waals surface area contributed by atoms with Gasteiger partial charge in [0.15, 0.2) is 0 Å². The summed E-state index contributed by atoms with van der Waals surface area (Å²) in [5, 5.41) is 0. The zero-order valence-electron chi connectivity index (χ0n) is 21.8. The van der Waals surface area contributed by atoms with Gasteiger partial charge in [-0.1, -0.05) is 12.1 Å². The number of hydrogen-bond donors (Lipinski definition) is 0. The van der Waals surface area contributed by atoms with Crippen LogP contribution in [0.15, 0.2) is 24.3 Å². The fourth-order valence-corrected chi connectivity index (χ4v) is 6.65. The molecule has 0 radical (unpaired) electrons. The summed E-state index contributed by atoms with van der Waals surface area (Å²) >= 11 is 24.1. The molecule has 204 valence electrons. The Bertz CT molecular complexity index is 962. The lowest BCUT2D eigenvalue weighted by atomic mass is 9.89. The molecule has 0 amide bonds. The lowest BCUT2D eigenvalue weighted by molar-refractivity contribution is -0.228. The van der Waals surface area contributed by atoms with Gasteiger partial charge in [0.25, 0.3) is 0 Å². The second kappa shape index (κ2) is 14.0. The molecule has 0 aliphatic carbocycles. The van der Waals surface area contributed by atoms with Gasteiger partial charge in [0.1, 0.15) is 11.5 Å². The maximum Gasteiger partial charge on any atom is 0.233 e. The van der Waals surface area contributed by atoms with Gasteiger partial charge >= 0.3 is 0 Å². The van der Waals surface area contributed by atoms with Crippen LogP contribution >= 0.6 is 46.4 Å². The van der Waals surface area contributed by atoms with Gasteiger partial charge in [-0.15, -0.1) is 46.4 Å². The van der Waals surface area contributed by atoms with E-state index >= 15 is 0 Å². The molecule has 0 aromatic heterocycles. The molecule has 2 aliphatic heterocycles. The van der Waals surface area contributed by atoms with E-state index in [1.807, 2.05) is 0 Å². The molecule has 4 rings (SSSR count). The van der Waals surface area contributed by atoms with E-state index in [0.29, 0.717) is 35.4 Å². The standard InChI is InChI=1S/C30H38Cl4O3/c1-19-13-23(15-21(7-11-33)5-3-9-31)17-25-27(19)35-30-26-18-24(16-22(8-12-34)6-4-10-32)14-20(2)28(26)36-29(25)37-30/h13-14,17-18,21-22,29-30H,3-12,15-16H2,1-2H3. The SMILES string of the molecule is Cc1cc(CC(CCCl)CCCCl)cc2c1OC1OC2Oc2c(C)cc(CC(CCCl)CCCCl)cc21. The summed E-state index contributed by atoms with van der Waals surface area (Å²) in [5.74, 6) is 5.44. The predicted molar refractivity (Wildman–Crippen MR) is 155 cm³/mol. The van der Waals surface area contributed by atoms with Crippen molar-refractivity contribution < 1.29 is 14.2 Å². The normalized spacial score (nSPS) is 19.4. The summed E-state index contributed by atoms with van der Waals surface area (Å²) in [6.45, 7) is 4.21. The lowest BCUT2D eigenvalue weighted by Crippen LogP contribution is -2.31. The van der Waals surface area contributed by atoms with Crippen molar-refractivity contribution in [2.24, 2.45) is 11.8 Å². The summed E-state index contributed by atoms with van der Waals surface area (Å²) in [6.07, 6.45) is 7.08. The van der Waals surface area contributed by atoms with E-state index in [1.165, 1.54) is 11.1 Å². The Balaban J connectivity index is 1.56. The average Bonchev–Trinajstić information content (AvgIpc) is 2.87. The molecule has 4 atom stereocenters. The highest BCUT2D eigenvalue weighted by Crippen LogP contribution is 2.50. The number of halogens is 4. The first-order valence-corrected chi connectivity index (χ1v) is 15.6. The Morgan fingerprint density at radius 1 is 0.622 bits per heavy atom. The molecule has 2 aromatic rings. The van der Waals surface area contributed by atoms with Crippen LogP contribution in [0.3, 0.4) is 0 Å². The predicted octanol–water partition coefficient (Wildman–Crippen LogP) is 9.42.